The average molecular weight is 399 g/mol. The molecule has 0 unspecified atom stereocenters. The fraction of sp³-hybridized carbons (Fsp3) is 0.0500. The lowest BCUT2D eigenvalue weighted by Gasteiger charge is -1.99. The molecule has 0 aliphatic heterocycles. The van der Waals surface area contributed by atoms with Gasteiger partial charge in [-0.25, -0.2) is 5.43 Å². The average Bonchev–Trinajstić information content (AvgIpc) is 3.15. The number of H-pyrrole nitrogens is 1. The molecule has 0 atom stereocenters. The van der Waals surface area contributed by atoms with Crippen molar-refractivity contribution < 1.29 is 4.79 Å². The van der Waals surface area contributed by atoms with Gasteiger partial charge in [0, 0.05) is 5.56 Å². The third-order valence-electron chi connectivity index (χ3n) is 3.67. The molecule has 7 heteroatoms. The van der Waals surface area contributed by atoms with E-state index in [0.29, 0.717) is 15.7 Å². The Bertz CT molecular complexity index is 1010. The van der Waals surface area contributed by atoms with Crippen molar-refractivity contribution in [3.8, 4) is 11.3 Å². The van der Waals surface area contributed by atoms with Crippen LogP contribution in [0.3, 0.4) is 0 Å². The number of halogens is 2. The number of carbonyl (C=O) groups is 1. The normalized spacial score (nSPS) is 11.7. The Morgan fingerprint density at radius 3 is 2.63 bits per heavy atom. The maximum absolute atomic E-state index is 12.2. The molecule has 0 spiro atoms. The quantitative estimate of drug-likeness (QED) is 0.457. The Labute approximate surface area is 166 Å². The summed E-state index contributed by atoms with van der Waals surface area (Å²) in [7, 11) is 0. The van der Waals surface area contributed by atoms with Crippen molar-refractivity contribution in [1.29, 1.82) is 0 Å². The van der Waals surface area contributed by atoms with Crippen molar-refractivity contribution in [2.75, 3.05) is 0 Å². The summed E-state index contributed by atoms with van der Waals surface area (Å²) in [4.78, 5) is 12.2. The first-order chi connectivity index (χ1) is 13.0. The summed E-state index contributed by atoms with van der Waals surface area (Å²) in [6.07, 6.45) is 3.55. The molecule has 1 amide bonds. The molecule has 27 heavy (non-hydrogen) atoms. The zero-order chi connectivity index (χ0) is 19.2. The van der Waals surface area contributed by atoms with Crippen LogP contribution in [0.15, 0.2) is 65.3 Å². The molecule has 1 aromatic heterocycles. The number of nitrogens with zero attached hydrogens (tertiary/aromatic N) is 2. The summed E-state index contributed by atoms with van der Waals surface area (Å²) in [5, 5.41) is 11.7. The predicted octanol–water partition coefficient (Wildman–Crippen LogP) is 5.20. The van der Waals surface area contributed by atoms with E-state index in [2.05, 4.69) is 20.7 Å². The lowest BCUT2D eigenvalue weighted by atomic mass is 10.1. The zero-order valence-corrected chi connectivity index (χ0v) is 15.9. The Morgan fingerprint density at radius 1 is 1.11 bits per heavy atom. The van der Waals surface area contributed by atoms with E-state index in [9.17, 15) is 4.79 Å². The lowest BCUT2D eigenvalue weighted by Crippen LogP contribution is -2.17. The van der Waals surface area contributed by atoms with Crippen LogP contribution in [0.1, 0.15) is 23.0 Å². The molecule has 2 aromatic carbocycles. The summed E-state index contributed by atoms with van der Waals surface area (Å²) in [6, 6.07) is 16.6. The van der Waals surface area contributed by atoms with E-state index < -0.39 is 5.91 Å². The monoisotopic (exact) mass is 398 g/mol. The molecule has 0 aliphatic carbocycles. The first kappa shape index (κ1) is 18.9. The first-order valence-corrected chi connectivity index (χ1v) is 8.86. The Hall–Kier alpha value is -2.89. The minimum absolute atomic E-state index is 0.290. The van der Waals surface area contributed by atoms with Gasteiger partial charge < -0.3 is 0 Å². The minimum Gasteiger partial charge on any atom is -0.272 e. The third kappa shape index (κ3) is 5.06. The van der Waals surface area contributed by atoms with Crippen LogP contribution in [0.2, 0.25) is 10.0 Å². The maximum atomic E-state index is 12.2. The number of aromatic amines is 1. The van der Waals surface area contributed by atoms with Gasteiger partial charge in [0.2, 0.25) is 0 Å². The van der Waals surface area contributed by atoms with Crippen molar-refractivity contribution >= 4 is 41.4 Å². The smallest absolute Gasteiger partial charge is 0.272 e. The van der Waals surface area contributed by atoms with Crippen LogP contribution in [0, 0.1) is 0 Å². The van der Waals surface area contributed by atoms with Crippen LogP contribution in [-0.4, -0.2) is 22.3 Å². The van der Waals surface area contributed by atoms with Gasteiger partial charge in [-0.1, -0.05) is 65.7 Å². The third-order valence-corrected chi connectivity index (χ3v) is 4.41. The minimum atomic E-state index is -0.391. The second-order valence-electron chi connectivity index (χ2n) is 5.79. The number of hydrazone groups is 1. The zero-order valence-electron chi connectivity index (χ0n) is 14.4. The predicted molar refractivity (Wildman–Crippen MR) is 110 cm³/mol. The van der Waals surface area contributed by atoms with Gasteiger partial charge in [0.15, 0.2) is 0 Å². The number of aromatic nitrogens is 2. The second kappa shape index (κ2) is 8.66. The van der Waals surface area contributed by atoms with Crippen LogP contribution in [-0.2, 0) is 0 Å². The second-order valence-corrected chi connectivity index (χ2v) is 6.61. The molecular weight excluding hydrogens is 383 g/mol. The van der Waals surface area contributed by atoms with Crippen molar-refractivity contribution in [1.82, 2.24) is 15.6 Å². The van der Waals surface area contributed by atoms with Crippen LogP contribution in [0.25, 0.3) is 17.3 Å². The van der Waals surface area contributed by atoms with Gasteiger partial charge in [-0.15, -0.1) is 0 Å². The fourth-order valence-corrected chi connectivity index (χ4v) is 2.64. The van der Waals surface area contributed by atoms with Gasteiger partial charge in [-0.05, 0) is 36.3 Å². The first-order valence-electron chi connectivity index (χ1n) is 8.10. The number of allylic oxidation sites excluding steroid dienone is 1. The van der Waals surface area contributed by atoms with Crippen LogP contribution < -0.4 is 5.43 Å². The number of nitrogens with one attached hydrogen (secondary N) is 2. The van der Waals surface area contributed by atoms with E-state index >= 15 is 0 Å². The lowest BCUT2D eigenvalue weighted by molar-refractivity contribution is 0.0950. The van der Waals surface area contributed by atoms with E-state index in [1.54, 1.807) is 30.5 Å². The molecule has 1 heterocycles. The van der Waals surface area contributed by atoms with Gasteiger partial charge in [0.1, 0.15) is 5.69 Å². The van der Waals surface area contributed by atoms with Gasteiger partial charge in [0.05, 0.1) is 22.0 Å². The number of carbonyl (C=O) groups excluding carboxylic acids is 1. The fourth-order valence-electron chi connectivity index (χ4n) is 2.34. The van der Waals surface area contributed by atoms with E-state index in [-0.39, 0.29) is 5.69 Å². The van der Waals surface area contributed by atoms with Crippen molar-refractivity contribution in [3.63, 3.8) is 0 Å². The molecule has 0 aliphatic rings. The summed E-state index contributed by atoms with van der Waals surface area (Å²) in [5.74, 6) is -0.391. The molecule has 0 radical (unpaired) electrons. The maximum Gasteiger partial charge on any atom is 0.289 e. The summed E-state index contributed by atoms with van der Waals surface area (Å²) >= 11 is 11.9. The van der Waals surface area contributed by atoms with Gasteiger partial charge in [0.25, 0.3) is 5.91 Å². The highest BCUT2D eigenvalue weighted by Gasteiger charge is 2.11. The Kier molecular flexibility index (Phi) is 6.06. The molecule has 2 N–H and O–H groups in total. The highest BCUT2D eigenvalue weighted by molar-refractivity contribution is 6.42. The van der Waals surface area contributed by atoms with Crippen LogP contribution >= 0.6 is 23.2 Å². The molecule has 0 bridgehead atoms. The van der Waals surface area contributed by atoms with Crippen LogP contribution in [0.4, 0.5) is 0 Å². The van der Waals surface area contributed by atoms with Gasteiger partial charge >= 0.3 is 0 Å². The molecule has 0 fully saturated rings. The number of rotatable bonds is 5. The molecule has 0 saturated carbocycles. The largest absolute Gasteiger partial charge is 0.289 e. The van der Waals surface area contributed by atoms with E-state index in [4.69, 9.17) is 23.2 Å². The molecule has 3 rings (SSSR count). The summed E-state index contributed by atoms with van der Waals surface area (Å²) in [6.45, 7) is 1.90. The van der Waals surface area contributed by atoms with E-state index in [1.807, 2.05) is 43.3 Å². The van der Waals surface area contributed by atoms with Crippen molar-refractivity contribution in [2.24, 2.45) is 5.10 Å². The highest BCUT2D eigenvalue weighted by atomic mass is 35.5. The van der Waals surface area contributed by atoms with Crippen molar-refractivity contribution in [3.05, 3.63) is 81.5 Å². The van der Waals surface area contributed by atoms with Crippen molar-refractivity contribution in [2.45, 2.75) is 6.92 Å². The van der Waals surface area contributed by atoms with E-state index in [1.165, 1.54) is 0 Å². The molecular formula is C20H16Cl2N4O. The number of benzene rings is 2. The SMILES string of the molecule is CC(/C=N/NC(=O)c1cc(-c2ccc(Cl)c(Cl)c2)n[nH]1)=C\c1ccccc1. The Balaban J connectivity index is 1.64. The number of hydrogen-bond donors (Lipinski definition) is 2. The Morgan fingerprint density at radius 2 is 1.89 bits per heavy atom. The van der Waals surface area contributed by atoms with Gasteiger partial charge in [-0.3, -0.25) is 9.89 Å². The summed E-state index contributed by atoms with van der Waals surface area (Å²) < 4.78 is 0. The highest BCUT2D eigenvalue weighted by Crippen LogP contribution is 2.27. The van der Waals surface area contributed by atoms with Crippen LogP contribution in [0.5, 0.6) is 0 Å². The summed E-state index contributed by atoms with van der Waals surface area (Å²) in [5.41, 5.74) is 6.07. The standard InChI is InChI=1S/C20H16Cl2N4O/c1-13(9-14-5-3-2-4-6-14)12-23-26-20(27)19-11-18(24-25-19)15-7-8-16(21)17(22)10-15/h2-12H,1H3,(H,24,25)(H,26,27)/b13-9+,23-12+. The molecule has 3 aromatic rings. The van der Waals surface area contributed by atoms with Gasteiger partial charge in [-0.2, -0.15) is 10.2 Å². The topological polar surface area (TPSA) is 70.1 Å². The molecule has 136 valence electrons. The van der Waals surface area contributed by atoms with E-state index in [0.717, 1.165) is 16.7 Å². The molecule has 0 saturated heterocycles. The number of hydrogen-bond acceptors (Lipinski definition) is 3. The molecule has 5 nitrogen and oxygen atoms in total. The number of amides is 1.